The number of carboxylic acid groups (broad SMARTS) is 1. The van der Waals surface area contributed by atoms with E-state index in [2.05, 4.69) is 63.0 Å². The van der Waals surface area contributed by atoms with Gasteiger partial charge in [0.15, 0.2) is 5.15 Å². The van der Waals surface area contributed by atoms with Crippen LogP contribution in [0.4, 0.5) is 5.69 Å². The van der Waals surface area contributed by atoms with Crippen LogP contribution in [0.1, 0.15) is 59.2 Å². The van der Waals surface area contributed by atoms with Gasteiger partial charge in [-0.3, -0.25) is 4.90 Å². The van der Waals surface area contributed by atoms with Gasteiger partial charge in [0.2, 0.25) is 0 Å². The smallest absolute Gasteiger partial charge is 0.336 e. The number of piperazine rings is 1. The van der Waals surface area contributed by atoms with Gasteiger partial charge in [0, 0.05) is 58.8 Å². The Morgan fingerprint density at radius 3 is 2.43 bits per heavy atom. The highest BCUT2D eigenvalue weighted by atomic mass is 35.5. The van der Waals surface area contributed by atoms with Gasteiger partial charge in [0.25, 0.3) is 0 Å². The van der Waals surface area contributed by atoms with E-state index in [9.17, 15) is 9.90 Å². The summed E-state index contributed by atoms with van der Waals surface area (Å²) in [6.45, 7) is 9.74. The minimum absolute atomic E-state index is 0.292. The molecule has 0 aliphatic carbocycles. The number of aromatic nitrogens is 2. The van der Waals surface area contributed by atoms with Crippen LogP contribution in [0, 0.1) is 0 Å². The van der Waals surface area contributed by atoms with Gasteiger partial charge in [0.05, 0.1) is 30.7 Å². The van der Waals surface area contributed by atoms with Crippen molar-refractivity contribution in [3.8, 4) is 22.6 Å². The molecule has 0 spiro atoms. The molecule has 1 fully saturated rings. The highest BCUT2D eigenvalue weighted by Crippen LogP contribution is 2.29. The number of halogens is 1. The van der Waals surface area contributed by atoms with E-state index in [1.54, 1.807) is 19.2 Å². The number of nitrogens with one attached hydrogen (secondary N) is 1. The van der Waals surface area contributed by atoms with Crippen LogP contribution in [0.15, 0.2) is 97.1 Å². The van der Waals surface area contributed by atoms with E-state index in [-0.39, 0.29) is 0 Å². The van der Waals surface area contributed by atoms with Crippen molar-refractivity contribution in [1.82, 2.24) is 19.8 Å². The number of aryl methyl sites for hydroxylation is 1. The fourth-order valence-corrected chi connectivity index (χ4v) is 7.20. The fourth-order valence-electron chi connectivity index (χ4n) is 6.93. The van der Waals surface area contributed by atoms with Crippen molar-refractivity contribution >= 4 is 23.3 Å². The van der Waals surface area contributed by atoms with E-state index in [4.69, 9.17) is 26.1 Å². The molecule has 10 heteroatoms. The Morgan fingerprint density at radius 1 is 0.887 bits per heavy atom. The molecule has 0 bridgehead atoms. The lowest BCUT2D eigenvalue weighted by atomic mass is 9.99. The van der Waals surface area contributed by atoms with Crippen LogP contribution >= 0.6 is 11.6 Å². The number of aromatic carboxylic acids is 1. The molecule has 1 aromatic heterocycles. The lowest BCUT2D eigenvalue weighted by Crippen LogP contribution is -2.46. The fraction of sp³-hybridized carbons (Fsp3) is 0.349. The van der Waals surface area contributed by atoms with Gasteiger partial charge in [-0.05, 0) is 65.4 Å². The minimum Gasteiger partial charge on any atom is -0.495 e. The van der Waals surface area contributed by atoms with Crippen molar-refractivity contribution < 1.29 is 19.4 Å². The van der Waals surface area contributed by atoms with Crippen LogP contribution < -0.4 is 19.7 Å². The highest BCUT2D eigenvalue weighted by Gasteiger charge is 2.20. The van der Waals surface area contributed by atoms with E-state index in [0.717, 1.165) is 98.1 Å². The van der Waals surface area contributed by atoms with E-state index in [1.165, 1.54) is 5.69 Å². The Morgan fingerprint density at radius 2 is 1.66 bits per heavy atom. The first-order valence-corrected chi connectivity index (χ1v) is 19.0. The molecule has 0 saturated carbocycles. The van der Waals surface area contributed by atoms with E-state index >= 15 is 0 Å². The summed E-state index contributed by atoms with van der Waals surface area (Å²) < 4.78 is 14.0. The monoisotopic (exact) mass is 735 g/mol. The molecule has 0 amide bonds. The lowest BCUT2D eigenvalue weighted by Gasteiger charge is -2.36. The summed E-state index contributed by atoms with van der Waals surface area (Å²) in [6, 6.07) is 31.7. The molecular formula is C43H50ClN5O4. The first-order valence-electron chi connectivity index (χ1n) is 18.6. The summed E-state index contributed by atoms with van der Waals surface area (Å²) in [7, 11) is 1.73. The molecule has 2 heterocycles. The Balaban J connectivity index is 1.00. The van der Waals surface area contributed by atoms with Gasteiger partial charge < -0.3 is 29.4 Å². The maximum absolute atomic E-state index is 11.8. The number of unbranched alkanes of at least 4 members (excludes halogenated alkanes) is 1. The number of para-hydroxylation sites is 2. The van der Waals surface area contributed by atoms with Crippen LogP contribution in [-0.4, -0.2) is 72.0 Å². The van der Waals surface area contributed by atoms with Crippen molar-refractivity contribution in [1.29, 1.82) is 0 Å². The van der Waals surface area contributed by atoms with Gasteiger partial charge in [-0.15, -0.1) is 0 Å². The molecule has 2 N–H and O–H groups in total. The summed E-state index contributed by atoms with van der Waals surface area (Å²) >= 11 is 6.77. The third kappa shape index (κ3) is 9.99. The second-order valence-corrected chi connectivity index (χ2v) is 13.8. The predicted molar refractivity (Wildman–Crippen MR) is 213 cm³/mol. The molecule has 4 aromatic carbocycles. The van der Waals surface area contributed by atoms with Gasteiger partial charge in [-0.2, -0.15) is 0 Å². The number of carboxylic acids is 1. The van der Waals surface area contributed by atoms with Crippen LogP contribution in [0.3, 0.4) is 0 Å². The number of rotatable bonds is 18. The zero-order valence-electron chi connectivity index (χ0n) is 30.8. The molecular weight excluding hydrogens is 686 g/mol. The zero-order chi connectivity index (χ0) is 37.0. The zero-order valence-corrected chi connectivity index (χ0v) is 31.5. The molecule has 0 unspecified atom stereocenters. The number of methoxy groups -OCH3 is 1. The number of imidazole rings is 1. The lowest BCUT2D eigenvalue weighted by molar-refractivity contribution is 0.0697. The SMILES string of the molecule is CCCCc1nc(Cl)c(CNCc2cccc(OCCCN3CCN(c4ccccc4OC)CC3)c2)n1Cc1ccc(-c2ccccc2C(=O)O)cc1. The molecule has 1 saturated heterocycles. The van der Waals surface area contributed by atoms with Gasteiger partial charge >= 0.3 is 5.97 Å². The molecule has 9 nitrogen and oxygen atoms in total. The Bertz CT molecular complexity index is 1940. The number of ether oxygens (including phenoxy) is 2. The Hall–Kier alpha value is -4.83. The first-order chi connectivity index (χ1) is 25.9. The van der Waals surface area contributed by atoms with Crippen molar-refractivity contribution in [3.05, 3.63) is 130 Å². The van der Waals surface area contributed by atoms with Gasteiger partial charge in [-0.25, -0.2) is 9.78 Å². The van der Waals surface area contributed by atoms with Crippen molar-refractivity contribution in [2.45, 2.75) is 52.2 Å². The van der Waals surface area contributed by atoms with Crippen LogP contribution in [0.5, 0.6) is 11.5 Å². The average Bonchev–Trinajstić information content (AvgIpc) is 3.48. The second-order valence-electron chi connectivity index (χ2n) is 13.5. The summed E-state index contributed by atoms with van der Waals surface area (Å²) in [5, 5.41) is 13.8. The van der Waals surface area contributed by atoms with Crippen molar-refractivity contribution in [3.63, 3.8) is 0 Å². The van der Waals surface area contributed by atoms with Crippen molar-refractivity contribution in [2.24, 2.45) is 0 Å². The van der Waals surface area contributed by atoms with Gasteiger partial charge in [-0.1, -0.05) is 91.7 Å². The molecule has 1 aliphatic rings. The topological polar surface area (TPSA) is 92.1 Å². The van der Waals surface area contributed by atoms with E-state index < -0.39 is 5.97 Å². The number of anilines is 1. The number of hydrogen-bond donors (Lipinski definition) is 2. The molecule has 6 rings (SSSR count). The third-order valence-corrected chi connectivity index (χ3v) is 10.1. The third-order valence-electron chi connectivity index (χ3n) is 9.83. The number of hydrogen-bond acceptors (Lipinski definition) is 7. The summed E-state index contributed by atoms with van der Waals surface area (Å²) in [4.78, 5) is 21.5. The maximum atomic E-state index is 11.8. The molecule has 5 aromatic rings. The number of nitrogens with zero attached hydrogens (tertiary/aromatic N) is 4. The number of carbonyl (C=O) groups is 1. The molecule has 53 heavy (non-hydrogen) atoms. The molecule has 0 radical (unpaired) electrons. The number of benzene rings is 4. The largest absolute Gasteiger partial charge is 0.495 e. The maximum Gasteiger partial charge on any atom is 0.336 e. The minimum atomic E-state index is -0.933. The van der Waals surface area contributed by atoms with Crippen molar-refractivity contribution in [2.75, 3.05) is 51.3 Å². The van der Waals surface area contributed by atoms with Gasteiger partial charge in [0.1, 0.15) is 17.3 Å². The average molecular weight is 736 g/mol. The molecule has 1 aliphatic heterocycles. The van der Waals surface area contributed by atoms with E-state index in [0.29, 0.717) is 42.5 Å². The highest BCUT2D eigenvalue weighted by molar-refractivity contribution is 6.30. The summed E-state index contributed by atoms with van der Waals surface area (Å²) in [5.74, 6) is 1.85. The van der Waals surface area contributed by atoms with E-state index in [1.807, 2.05) is 48.5 Å². The quantitative estimate of drug-likeness (QED) is 0.0872. The normalized spacial score (nSPS) is 13.3. The predicted octanol–water partition coefficient (Wildman–Crippen LogP) is 8.18. The standard InChI is InChI=1S/C43H50ClN5O4/c1-3-4-17-41-46-42(44)39(49(41)31-32-18-20-34(21-19-32)36-13-5-6-14-37(36)43(50)51)30-45-29-33-11-9-12-35(28-33)53-27-10-22-47-23-25-48(26-24-47)38-15-7-8-16-40(38)52-2/h5-9,11-16,18-21,28,45H,3-4,10,17,22-27,29-31H2,1-2H3,(H,50,51). The first kappa shape index (κ1) is 37.9. The van der Waals surface area contributed by atoms with Crippen LogP contribution in [0.25, 0.3) is 11.1 Å². The molecule has 278 valence electrons. The Kier molecular flexibility index (Phi) is 13.4. The van der Waals surface area contributed by atoms with Crippen LogP contribution in [0.2, 0.25) is 5.15 Å². The van der Waals surface area contributed by atoms with Crippen LogP contribution in [-0.2, 0) is 26.1 Å². The molecule has 0 atom stereocenters. The summed E-state index contributed by atoms with van der Waals surface area (Å²) in [6.07, 6.45) is 3.91. The summed E-state index contributed by atoms with van der Waals surface area (Å²) in [5.41, 5.74) is 6.22. The Labute approximate surface area is 318 Å². The second kappa shape index (κ2) is 18.8.